The van der Waals surface area contributed by atoms with Crippen molar-refractivity contribution in [3.63, 3.8) is 0 Å². The SMILES string of the molecule is NC(c1ccc(F)cc1F)C1CNCCO1. The molecular formula is C11H14F2N2O. The lowest BCUT2D eigenvalue weighted by Gasteiger charge is -2.29. The highest BCUT2D eigenvalue weighted by atomic mass is 19.1. The fourth-order valence-electron chi connectivity index (χ4n) is 1.79. The third-order valence-electron chi connectivity index (χ3n) is 2.68. The summed E-state index contributed by atoms with van der Waals surface area (Å²) in [7, 11) is 0. The van der Waals surface area contributed by atoms with Crippen LogP contribution < -0.4 is 11.1 Å². The lowest BCUT2D eigenvalue weighted by molar-refractivity contribution is 0.0115. The van der Waals surface area contributed by atoms with Crippen molar-refractivity contribution in [1.82, 2.24) is 5.32 Å². The Balaban J connectivity index is 2.15. The van der Waals surface area contributed by atoms with Gasteiger partial charge in [0.15, 0.2) is 0 Å². The molecule has 1 heterocycles. The Morgan fingerprint density at radius 3 is 2.88 bits per heavy atom. The first-order valence-corrected chi connectivity index (χ1v) is 5.21. The first-order chi connectivity index (χ1) is 7.68. The highest BCUT2D eigenvalue weighted by molar-refractivity contribution is 5.23. The summed E-state index contributed by atoms with van der Waals surface area (Å²) in [5.41, 5.74) is 6.18. The van der Waals surface area contributed by atoms with Crippen LogP contribution in [0, 0.1) is 11.6 Å². The summed E-state index contributed by atoms with van der Waals surface area (Å²) in [6, 6.07) is 2.83. The number of morpholine rings is 1. The molecule has 0 bridgehead atoms. The van der Waals surface area contributed by atoms with Crippen molar-refractivity contribution >= 4 is 0 Å². The van der Waals surface area contributed by atoms with Crippen LogP contribution in [0.4, 0.5) is 8.78 Å². The average molecular weight is 228 g/mol. The molecule has 0 saturated carbocycles. The van der Waals surface area contributed by atoms with Crippen LogP contribution in [0.3, 0.4) is 0 Å². The van der Waals surface area contributed by atoms with Crippen molar-refractivity contribution in [2.75, 3.05) is 19.7 Å². The third kappa shape index (κ3) is 2.37. The number of nitrogens with one attached hydrogen (secondary N) is 1. The van der Waals surface area contributed by atoms with Crippen LogP contribution in [0.1, 0.15) is 11.6 Å². The highest BCUT2D eigenvalue weighted by Crippen LogP contribution is 2.21. The Labute approximate surface area is 92.6 Å². The van der Waals surface area contributed by atoms with Gasteiger partial charge in [0, 0.05) is 24.7 Å². The molecule has 1 aromatic carbocycles. The molecule has 2 atom stereocenters. The Bertz CT molecular complexity index is 367. The maximum atomic E-state index is 13.5. The van der Waals surface area contributed by atoms with Gasteiger partial charge in [-0.3, -0.25) is 0 Å². The Morgan fingerprint density at radius 2 is 2.25 bits per heavy atom. The maximum Gasteiger partial charge on any atom is 0.130 e. The summed E-state index contributed by atoms with van der Waals surface area (Å²) in [6.07, 6.45) is -0.270. The van der Waals surface area contributed by atoms with Crippen molar-refractivity contribution in [1.29, 1.82) is 0 Å². The van der Waals surface area contributed by atoms with Gasteiger partial charge in [-0.25, -0.2) is 8.78 Å². The van der Waals surface area contributed by atoms with E-state index in [2.05, 4.69) is 5.32 Å². The van der Waals surface area contributed by atoms with Gasteiger partial charge in [0.2, 0.25) is 0 Å². The number of nitrogens with two attached hydrogens (primary N) is 1. The zero-order valence-electron chi connectivity index (χ0n) is 8.75. The van der Waals surface area contributed by atoms with Gasteiger partial charge in [-0.1, -0.05) is 6.07 Å². The van der Waals surface area contributed by atoms with Gasteiger partial charge in [-0.2, -0.15) is 0 Å². The van der Waals surface area contributed by atoms with E-state index in [0.29, 0.717) is 13.2 Å². The smallest absolute Gasteiger partial charge is 0.130 e. The van der Waals surface area contributed by atoms with E-state index in [1.165, 1.54) is 12.1 Å². The van der Waals surface area contributed by atoms with E-state index in [4.69, 9.17) is 10.5 Å². The van der Waals surface area contributed by atoms with Gasteiger partial charge in [-0.05, 0) is 6.07 Å². The van der Waals surface area contributed by atoms with E-state index < -0.39 is 17.7 Å². The molecule has 2 unspecified atom stereocenters. The number of benzene rings is 1. The van der Waals surface area contributed by atoms with E-state index in [9.17, 15) is 8.78 Å². The molecule has 1 aromatic rings. The van der Waals surface area contributed by atoms with Crippen molar-refractivity contribution in [3.05, 3.63) is 35.4 Å². The predicted octanol–water partition coefficient (Wildman–Crippen LogP) is 0.953. The van der Waals surface area contributed by atoms with Crippen LogP contribution in [0.5, 0.6) is 0 Å². The maximum absolute atomic E-state index is 13.5. The molecule has 16 heavy (non-hydrogen) atoms. The minimum atomic E-state index is -0.623. The summed E-state index contributed by atoms with van der Waals surface area (Å²) < 4.78 is 31.6. The second-order valence-corrected chi connectivity index (χ2v) is 3.80. The van der Waals surface area contributed by atoms with Gasteiger partial charge >= 0.3 is 0 Å². The topological polar surface area (TPSA) is 47.3 Å². The van der Waals surface area contributed by atoms with Crippen molar-refractivity contribution in [2.24, 2.45) is 5.73 Å². The Hall–Kier alpha value is -1.04. The van der Waals surface area contributed by atoms with E-state index in [-0.39, 0.29) is 11.7 Å². The number of hydrogen-bond acceptors (Lipinski definition) is 3. The highest BCUT2D eigenvalue weighted by Gasteiger charge is 2.24. The molecule has 3 N–H and O–H groups in total. The lowest BCUT2D eigenvalue weighted by atomic mass is 10.0. The predicted molar refractivity (Wildman–Crippen MR) is 55.9 cm³/mol. The summed E-state index contributed by atoms with van der Waals surface area (Å²) in [4.78, 5) is 0. The van der Waals surface area contributed by atoms with E-state index >= 15 is 0 Å². The lowest BCUT2D eigenvalue weighted by Crippen LogP contribution is -2.44. The second-order valence-electron chi connectivity index (χ2n) is 3.80. The first-order valence-electron chi connectivity index (χ1n) is 5.21. The zero-order valence-corrected chi connectivity index (χ0v) is 8.75. The summed E-state index contributed by atoms with van der Waals surface area (Å²) in [5, 5.41) is 3.11. The number of hydrogen-bond donors (Lipinski definition) is 2. The van der Waals surface area contributed by atoms with Gasteiger partial charge in [-0.15, -0.1) is 0 Å². The normalized spacial score (nSPS) is 23.1. The molecule has 5 heteroatoms. The molecule has 0 spiro atoms. The minimum absolute atomic E-state index is 0.270. The van der Waals surface area contributed by atoms with Gasteiger partial charge in [0.05, 0.1) is 18.8 Å². The van der Waals surface area contributed by atoms with Gasteiger partial charge in [0.25, 0.3) is 0 Å². The molecule has 2 rings (SSSR count). The van der Waals surface area contributed by atoms with Crippen LogP contribution in [-0.2, 0) is 4.74 Å². The largest absolute Gasteiger partial charge is 0.374 e. The van der Waals surface area contributed by atoms with Crippen LogP contribution >= 0.6 is 0 Å². The van der Waals surface area contributed by atoms with E-state index in [1.54, 1.807) is 0 Å². The first kappa shape index (κ1) is 11.4. The standard InChI is InChI=1S/C11H14F2N2O/c12-7-1-2-8(9(13)5-7)11(14)10-6-15-3-4-16-10/h1-2,5,10-11,15H,3-4,6,14H2. The molecule has 0 amide bonds. The molecule has 0 aromatic heterocycles. The molecule has 0 radical (unpaired) electrons. The summed E-state index contributed by atoms with van der Waals surface area (Å²) in [6.45, 7) is 1.91. The van der Waals surface area contributed by atoms with Gasteiger partial charge in [0.1, 0.15) is 11.6 Å². The van der Waals surface area contributed by atoms with Crippen LogP contribution in [0.2, 0.25) is 0 Å². The number of halogens is 2. The van der Waals surface area contributed by atoms with Crippen molar-refractivity contribution in [2.45, 2.75) is 12.1 Å². The molecular weight excluding hydrogens is 214 g/mol. The van der Waals surface area contributed by atoms with E-state index in [1.807, 2.05) is 0 Å². The second kappa shape index (κ2) is 4.86. The summed E-state index contributed by atoms with van der Waals surface area (Å²) in [5.74, 6) is -1.22. The Kier molecular flexibility index (Phi) is 3.48. The minimum Gasteiger partial charge on any atom is -0.374 e. The summed E-state index contributed by atoms with van der Waals surface area (Å²) >= 11 is 0. The molecule has 1 aliphatic heterocycles. The average Bonchev–Trinajstić information content (AvgIpc) is 2.29. The van der Waals surface area contributed by atoms with E-state index in [0.717, 1.165) is 12.6 Å². The van der Waals surface area contributed by atoms with Crippen LogP contribution in [0.15, 0.2) is 18.2 Å². The fourth-order valence-corrected chi connectivity index (χ4v) is 1.79. The molecule has 1 fully saturated rings. The fraction of sp³-hybridized carbons (Fsp3) is 0.455. The molecule has 3 nitrogen and oxygen atoms in total. The number of ether oxygens (including phenoxy) is 1. The number of rotatable bonds is 2. The van der Waals surface area contributed by atoms with Crippen LogP contribution in [0.25, 0.3) is 0 Å². The molecule has 88 valence electrons. The van der Waals surface area contributed by atoms with Crippen molar-refractivity contribution < 1.29 is 13.5 Å². The Morgan fingerprint density at radius 1 is 1.44 bits per heavy atom. The molecule has 1 saturated heterocycles. The zero-order chi connectivity index (χ0) is 11.5. The molecule has 0 aliphatic carbocycles. The van der Waals surface area contributed by atoms with Crippen LogP contribution in [-0.4, -0.2) is 25.8 Å². The monoisotopic (exact) mass is 228 g/mol. The quantitative estimate of drug-likeness (QED) is 0.792. The van der Waals surface area contributed by atoms with Crippen molar-refractivity contribution in [3.8, 4) is 0 Å². The molecule has 1 aliphatic rings. The van der Waals surface area contributed by atoms with Gasteiger partial charge < -0.3 is 15.8 Å². The third-order valence-corrected chi connectivity index (χ3v) is 2.68.